The first-order valence-electron chi connectivity index (χ1n) is 20.1. The summed E-state index contributed by atoms with van der Waals surface area (Å²) in [6.45, 7) is 2.31. The molecule has 2 saturated heterocycles. The second kappa shape index (κ2) is 29.0. The second-order valence-corrected chi connectivity index (χ2v) is 14.1. The van der Waals surface area contributed by atoms with E-state index in [4.69, 9.17) is 28.4 Å². The molecular formula is C40H68O15. The Hall–Kier alpha value is -2.28. The van der Waals surface area contributed by atoms with Crippen LogP contribution in [0, 0.1) is 0 Å². The molecule has 0 bridgehead atoms. The topological polar surface area (TPSA) is 231 Å². The molecule has 7 N–H and O–H groups in total. The molecule has 15 heteroatoms. The highest BCUT2D eigenvalue weighted by Gasteiger charge is 2.47. The lowest BCUT2D eigenvalue weighted by Crippen LogP contribution is -2.61. The van der Waals surface area contributed by atoms with Gasteiger partial charge in [-0.2, -0.15) is 0 Å². The molecule has 0 aromatic heterocycles. The second-order valence-electron chi connectivity index (χ2n) is 14.1. The number of hydrogen-bond donors (Lipinski definition) is 7. The lowest BCUT2D eigenvalue weighted by Gasteiger charge is -2.42. The molecule has 55 heavy (non-hydrogen) atoms. The van der Waals surface area contributed by atoms with Crippen LogP contribution >= 0.6 is 0 Å². The molecule has 11 atom stereocenters. The third-order valence-corrected chi connectivity index (χ3v) is 9.38. The van der Waals surface area contributed by atoms with Crippen LogP contribution in [0.15, 0.2) is 36.5 Å². The minimum atomic E-state index is -1.77. The van der Waals surface area contributed by atoms with E-state index in [1.165, 1.54) is 0 Å². The number of esters is 2. The summed E-state index contributed by atoms with van der Waals surface area (Å²) in [5, 5.41) is 71.5. The van der Waals surface area contributed by atoms with Crippen molar-refractivity contribution < 1.29 is 73.8 Å². The number of ether oxygens (including phenoxy) is 6. The van der Waals surface area contributed by atoms with Crippen molar-refractivity contribution >= 4 is 11.9 Å². The first-order chi connectivity index (χ1) is 26.5. The number of aliphatic hydroxyl groups is 7. The molecule has 318 valence electrons. The van der Waals surface area contributed by atoms with Crippen molar-refractivity contribution in [1.82, 2.24) is 0 Å². The molecule has 2 heterocycles. The number of allylic oxidation sites excluding steroid dienone is 6. The average Bonchev–Trinajstić information content (AvgIpc) is 3.18. The van der Waals surface area contributed by atoms with Crippen LogP contribution in [0.4, 0.5) is 0 Å². The molecule has 0 aromatic carbocycles. The molecule has 2 rings (SSSR count). The number of unbranched alkanes of at least 4 members (excludes halogenated alkanes) is 8. The monoisotopic (exact) mass is 788 g/mol. The van der Waals surface area contributed by atoms with E-state index in [-0.39, 0.29) is 19.4 Å². The highest BCUT2D eigenvalue weighted by molar-refractivity contribution is 5.70. The van der Waals surface area contributed by atoms with Gasteiger partial charge < -0.3 is 64.2 Å². The molecule has 0 saturated carbocycles. The van der Waals surface area contributed by atoms with Gasteiger partial charge in [-0.1, -0.05) is 88.8 Å². The number of rotatable bonds is 28. The van der Waals surface area contributed by atoms with E-state index in [9.17, 15) is 45.3 Å². The normalized spacial score (nSPS) is 29.3. The van der Waals surface area contributed by atoms with Gasteiger partial charge in [0.15, 0.2) is 18.7 Å². The third kappa shape index (κ3) is 19.1. The maximum atomic E-state index is 12.8. The van der Waals surface area contributed by atoms with E-state index < -0.39 is 99.3 Å². The van der Waals surface area contributed by atoms with Crippen LogP contribution in [0.25, 0.3) is 0 Å². The highest BCUT2D eigenvalue weighted by atomic mass is 16.7. The van der Waals surface area contributed by atoms with Crippen molar-refractivity contribution in [2.45, 2.75) is 178 Å². The lowest BCUT2D eigenvalue weighted by atomic mass is 9.98. The Balaban J connectivity index is 1.90. The van der Waals surface area contributed by atoms with Gasteiger partial charge in [0, 0.05) is 12.8 Å². The van der Waals surface area contributed by atoms with E-state index in [0.717, 1.165) is 70.6 Å². The fourth-order valence-corrected chi connectivity index (χ4v) is 5.99. The molecule has 0 aromatic rings. The van der Waals surface area contributed by atoms with Crippen LogP contribution in [-0.2, 0) is 38.0 Å². The number of carbonyl (C=O) groups excluding carboxylic acids is 2. The molecule has 0 radical (unpaired) electrons. The molecule has 0 aliphatic carbocycles. The minimum absolute atomic E-state index is 0.130. The zero-order valence-corrected chi connectivity index (χ0v) is 32.6. The third-order valence-electron chi connectivity index (χ3n) is 9.38. The van der Waals surface area contributed by atoms with Crippen LogP contribution in [-0.4, -0.2) is 142 Å². The van der Waals surface area contributed by atoms with Crippen molar-refractivity contribution in [1.29, 1.82) is 0 Å². The summed E-state index contributed by atoms with van der Waals surface area (Å²) in [4.78, 5) is 25.3. The molecule has 0 amide bonds. The summed E-state index contributed by atoms with van der Waals surface area (Å²) in [5.74, 6) is -0.976. The Morgan fingerprint density at radius 3 is 1.80 bits per heavy atom. The summed E-state index contributed by atoms with van der Waals surface area (Å²) in [5.41, 5.74) is 0. The predicted octanol–water partition coefficient (Wildman–Crippen LogP) is 2.64. The van der Waals surface area contributed by atoms with Gasteiger partial charge >= 0.3 is 11.9 Å². The van der Waals surface area contributed by atoms with E-state index in [2.05, 4.69) is 50.3 Å². The Labute approximate surface area is 325 Å². The number of hydrogen-bond acceptors (Lipinski definition) is 15. The molecule has 2 fully saturated rings. The van der Waals surface area contributed by atoms with Crippen LogP contribution in [0.1, 0.15) is 110 Å². The first kappa shape index (κ1) is 48.9. The van der Waals surface area contributed by atoms with Gasteiger partial charge in [0.05, 0.1) is 19.8 Å². The van der Waals surface area contributed by atoms with Gasteiger partial charge in [-0.25, -0.2) is 0 Å². The fraction of sp³-hybridized carbons (Fsp3) is 0.800. The van der Waals surface area contributed by atoms with Crippen LogP contribution in [0.2, 0.25) is 0 Å². The number of carbonyl (C=O) groups is 2. The minimum Gasteiger partial charge on any atom is -0.462 e. The zero-order chi connectivity index (χ0) is 40.4. The van der Waals surface area contributed by atoms with E-state index >= 15 is 0 Å². The molecule has 0 spiro atoms. The van der Waals surface area contributed by atoms with Crippen molar-refractivity contribution in [2.75, 3.05) is 26.4 Å². The van der Waals surface area contributed by atoms with Gasteiger partial charge in [-0.15, -0.1) is 0 Å². The van der Waals surface area contributed by atoms with Crippen LogP contribution < -0.4 is 0 Å². The summed E-state index contributed by atoms with van der Waals surface area (Å²) in [6, 6.07) is 0. The van der Waals surface area contributed by atoms with E-state index in [0.29, 0.717) is 12.8 Å². The Morgan fingerprint density at radius 1 is 0.600 bits per heavy atom. The Kier molecular flexibility index (Phi) is 25.8. The molecule has 15 nitrogen and oxygen atoms in total. The smallest absolute Gasteiger partial charge is 0.306 e. The largest absolute Gasteiger partial charge is 0.462 e. The molecular weight excluding hydrogens is 720 g/mol. The molecule has 11 unspecified atom stereocenters. The first-order valence-corrected chi connectivity index (χ1v) is 20.1. The SMILES string of the molecule is CC/C=C\C/C=C\C/C=C\CCCCCC(=O)OC(COC(=O)CCCCCCCC)COC1OC(COC2OC(CO)C(O)C(O)C2O)C(O)C(O)C1O. The molecule has 2 aliphatic rings. The predicted molar refractivity (Wildman–Crippen MR) is 201 cm³/mol. The summed E-state index contributed by atoms with van der Waals surface area (Å²) in [6.07, 6.45) is 8.19. The van der Waals surface area contributed by atoms with Crippen molar-refractivity contribution in [3.05, 3.63) is 36.5 Å². The van der Waals surface area contributed by atoms with Gasteiger partial charge in [0.1, 0.15) is 55.4 Å². The van der Waals surface area contributed by atoms with Crippen LogP contribution in [0.5, 0.6) is 0 Å². The maximum absolute atomic E-state index is 12.8. The average molecular weight is 789 g/mol. The quantitative estimate of drug-likeness (QED) is 0.0343. The van der Waals surface area contributed by atoms with Gasteiger partial charge in [-0.05, 0) is 44.9 Å². The van der Waals surface area contributed by atoms with Crippen molar-refractivity contribution in [3.8, 4) is 0 Å². The van der Waals surface area contributed by atoms with Crippen LogP contribution in [0.3, 0.4) is 0 Å². The fourth-order valence-electron chi connectivity index (χ4n) is 5.99. The van der Waals surface area contributed by atoms with Crippen molar-refractivity contribution in [3.63, 3.8) is 0 Å². The maximum Gasteiger partial charge on any atom is 0.306 e. The summed E-state index contributed by atoms with van der Waals surface area (Å²) in [7, 11) is 0. The van der Waals surface area contributed by atoms with Crippen molar-refractivity contribution in [2.24, 2.45) is 0 Å². The molecule has 2 aliphatic heterocycles. The summed E-state index contributed by atoms with van der Waals surface area (Å²) >= 11 is 0. The summed E-state index contributed by atoms with van der Waals surface area (Å²) < 4.78 is 33.2. The standard InChI is InChI=1S/C40H68O15/c1-3-5-7-9-11-12-13-14-15-16-17-19-21-23-32(43)53-28(25-50-31(42)22-20-18-10-8-6-4-2)26-51-39-38(49)36(47)34(45)30(55-39)27-52-40-37(48)35(46)33(44)29(24-41)54-40/h5,7,11-12,14-15,28-30,33-41,44-49H,3-4,6,8-10,13,16-27H2,1-2H3/b7-5-,12-11-,15-14-. The van der Waals surface area contributed by atoms with Gasteiger partial charge in [-0.3, -0.25) is 9.59 Å². The van der Waals surface area contributed by atoms with E-state index in [1.54, 1.807) is 0 Å². The Morgan fingerprint density at radius 2 is 1.15 bits per heavy atom. The Bertz CT molecular complexity index is 1110. The van der Waals surface area contributed by atoms with Gasteiger partial charge in [0.25, 0.3) is 0 Å². The zero-order valence-electron chi connectivity index (χ0n) is 32.6. The lowest BCUT2D eigenvalue weighted by molar-refractivity contribution is -0.332. The highest BCUT2D eigenvalue weighted by Crippen LogP contribution is 2.26. The van der Waals surface area contributed by atoms with E-state index in [1.807, 2.05) is 0 Å². The number of aliphatic hydroxyl groups excluding tert-OH is 7. The van der Waals surface area contributed by atoms with Gasteiger partial charge in [0.2, 0.25) is 0 Å².